The lowest BCUT2D eigenvalue weighted by molar-refractivity contribution is -0.167. The first-order valence-electron chi connectivity index (χ1n) is 8.21. The van der Waals surface area contributed by atoms with Crippen LogP contribution >= 0.6 is 0 Å². The van der Waals surface area contributed by atoms with E-state index in [-0.39, 0.29) is 11.5 Å². The number of aryl methyl sites for hydroxylation is 1. The molecule has 7 heteroatoms. The standard InChI is InChI=1S/C20H16F3NO3/c1-12-4-2-7-16-17(25)14(8-9-27-18(12)16)10-13-5-3-6-15(11-13)24-19(26)20(21,22)23/h2-7,10-11H,8-9H2,1H3,(H,24,26). The topological polar surface area (TPSA) is 55.4 Å². The van der Waals surface area contributed by atoms with Crippen molar-refractivity contribution in [3.8, 4) is 5.75 Å². The van der Waals surface area contributed by atoms with E-state index in [9.17, 15) is 22.8 Å². The highest BCUT2D eigenvalue weighted by Crippen LogP contribution is 2.30. The number of fused-ring (bicyclic) bond motifs is 1. The van der Waals surface area contributed by atoms with Crippen LogP contribution in [0.5, 0.6) is 5.75 Å². The number of anilines is 1. The normalized spacial score (nSPS) is 15.7. The summed E-state index contributed by atoms with van der Waals surface area (Å²) in [6.45, 7) is 2.17. The van der Waals surface area contributed by atoms with Crippen LogP contribution in [0.1, 0.15) is 27.9 Å². The van der Waals surface area contributed by atoms with E-state index < -0.39 is 12.1 Å². The van der Waals surface area contributed by atoms with Gasteiger partial charge in [0.15, 0.2) is 5.78 Å². The molecule has 0 aromatic heterocycles. The summed E-state index contributed by atoms with van der Waals surface area (Å²) in [6, 6.07) is 11.2. The Morgan fingerprint density at radius 1 is 1.19 bits per heavy atom. The highest BCUT2D eigenvalue weighted by molar-refractivity contribution is 6.13. The van der Waals surface area contributed by atoms with Crippen LogP contribution in [0.4, 0.5) is 18.9 Å². The van der Waals surface area contributed by atoms with Gasteiger partial charge in [0.1, 0.15) is 5.75 Å². The lowest BCUT2D eigenvalue weighted by Gasteiger charge is -2.09. The van der Waals surface area contributed by atoms with E-state index in [0.29, 0.717) is 35.5 Å². The summed E-state index contributed by atoms with van der Waals surface area (Å²) in [5.74, 6) is -1.68. The molecule has 0 spiro atoms. The first-order valence-corrected chi connectivity index (χ1v) is 8.21. The predicted molar refractivity (Wildman–Crippen MR) is 94.7 cm³/mol. The van der Waals surface area contributed by atoms with Gasteiger partial charge in [-0.2, -0.15) is 13.2 Å². The molecule has 4 nitrogen and oxygen atoms in total. The summed E-state index contributed by atoms with van der Waals surface area (Å²) in [7, 11) is 0. The Labute approximate surface area is 153 Å². The Hall–Kier alpha value is -3.09. The van der Waals surface area contributed by atoms with Crippen molar-refractivity contribution >= 4 is 23.5 Å². The van der Waals surface area contributed by atoms with Crippen molar-refractivity contribution in [3.05, 3.63) is 64.7 Å². The molecule has 140 valence electrons. The number of hydrogen-bond donors (Lipinski definition) is 1. The number of carbonyl (C=O) groups excluding carboxylic acids is 2. The van der Waals surface area contributed by atoms with Crippen molar-refractivity contribution in [2.45, 2.75) is 19.5 Å². The summed E-state index contributed by atoms with van der Waals surface area (Å²) >= 11 is 0. The van der Waals surface area contributed by atoms with Gasteiger partial charge in [0.2, 0.25) is 0 Å². The number of para-hydroxylation sites is 1. The molecule has 27 heavy (non-hydrogen) atoms. The molecule has 0 saturated carbocycles. The summed E-state index contributed by atoms with van der Waals surface area (Å²) in [4.78, 5) is 23.9. The fourth-order valence-corrected chi connectivity index (χ4v) is 2.82. The molecule has 0 aliphatic carbocycles. The number of ketones is 1. The molecular formula is C20H16F3NO3. The zero-order valence-electron chi connectivity index (χ0n) is 14.4. The fraction of sp³-hybridized carbons (Fsp3) is 0.200. The third-order valence-corrected chi connectivity index (χ3v) is 4.11. The quantitative estimate of drug-likeness (QED) is 0.784. The van der Waals surface area contributed by atoms with E-state index in [1.165, 1.54) is 18.2 Å². The minimum atomic E-state index is -4.97. The zero-order valence-corrected chi connectivity index (χ0v) is 14.4. The molecule has 1 N–H and O–H groups in total. The Morgan fingerprint density at radius 2 is 1.93 bits per heavy atom. The van der Waals surface area contributed by atoms with E-state index >= 15 is 0 Å². The van der Waals surface area contributed by atoms with Gasteiger partial charge in [0, 0.05) is 17.7 Å². The fourth-order valence-electron chi connectivity index (χ4n) is 2.82. The molecule has 1 aliphatic heterocycles. The van der Waals surface area contributed by atoms with E-state index in [4.69, 9.17) is 4.74 Å². The number of alkyl halides is 3. The van der Waals surface area contributed by atoms with Crippen LogP contribution in [0.25, 0.3) is 6.08 Å². The highest BCUT2D eigenvalue weighted by Gasteiger charge is 2.38. The SMILES string of the molecule is Cc1cccc2c1OCCC(=Cc1cccc(NC(=O)C(F)(F)F)c1)C2=O. The van der Waals surface area contributed by atoms with E-state index in [2.05, 4.69) is 0 Å². The van der Waals surface area contributed by atoms with Gasteiger partial charge in [0.05, 0.1) is 12.2 Å². The van der Waals surface area contributed by atoms with E-state index in [1.807, 2.05) is 13.0 Å². The third kappa shape index (κ3) is 4.19. The van der Waals surface area contributed by atoms with Crippen LogP contribution in [0, 0.1) is 6.92 Å². The molecule has 1 heterocycles. The first-order chi connectivity index (χ1) is 12.8. The van der Waals surface area contributed by atoms with E-state index in [0.717, 1.165) is 5.56 Å². The molecule has 0 saturated heterocycles. The maximum absolute atomic E-state index is 12.8. The molecule has 1 aliphatic rings. The van der Waals surface area contributed by atoms with Gasteiger partial charge < -0.3 is 10.1 Å². The molecule has 0 radical (unpaired) electrons. The maximum Gasteiger partial charge on any atom is 0.471 e. The molecule has 0 unspecified atom stereocenters. The monoisotopic (exact) mass is 375 g/mol. The van der Waals surface area contributed by atoms with Crippen molar-refractivity contribution in [1.29, 1.82) is 0 Å². The smallest absolute Gasteiger partial charge is 0.471 e. The van der Waals surface area contributed by atoms with Gasteiger partial charge in [-0.05, 0) is 42.3 Å². The summed E-state index contributed by atoms with van der Waals surface area (Å²) in [5, 5.41) is 1.80. The summed E-state index contributed by atoms with van der Waals surface area (Å²) < 4.78 is 42.9. The molecule has 0 bridgehead atoms. The van der Waals surface area contributed by atoms with Gasteiger partial charge in [-0.15, -0.1) is 0 Å². The van der Waals surface area contributed by atoms with E-state index in [1.54, 1.807) is 29.6 Å². The second kappa shape index (κ2) is 7.26. The Balaban J connectivity index is 1.89. The third-order valence-electron chi connectivity index (χ3n) is 4.11. The van der Waals surface area contributed by atoms with Crippen molar-refractivity contribution in [2.75, 3.05) is 11.9 Å². The maximum atomic E-state index is 12.8. The average molecular weight is 375 g/mol. The summed E-state index contributed by atoms with van der Waals surface area (Å²) in [5.41, 5.74) is 2.31. The first kappa shape index (κ1) is 18.7. The number of rotatable bonds is 2. The molecule has 3 rings (SSSR count). The Bertz CT molecular complexity index is 932. The Kier molecular flexibility index (Phi) is 5.03. The van der Waals surface area contributed by atoms with Crippen LogP contribution in [0.15, 0.2) is 48.0 Å². The molecule has 2 aromatic rings. The Morgan fingerprint density at radius 3 is 2.67 bits per heavy atom. The number of halogens is 3. The van der Waals surface area contributed by atoms with Crippen LogP contribution in [-0.2, 0) is 4.79 Å². The number of hydrogen-bond acceptors (Lipinski definition) is 3. The zero-order chi connectivity index (χ0) is 19.6. The van der Waals surface area contributed by atoms with Crippen molar-refractivity contribution < 1.29 is 27.5 Å². The number of Topliss-reactive ketones (excluding diaryl/α,β-unsaturated/α-hetero) is 1. The predicted octanol–water partition coefficient (Wildman–Crippen LogP) is 4.54. The van der Waals surface area contributed by atoms with Crippen LogP contribution < -0.4 is 10.1 Å². The number of carbonyl (C=O) groups is 2. The minimum absolute atomic E-state index is 0.000223. The second-order valence-electron chi connectivity index (χ2n) is 6.13. The van der Waals surface area contributed by atoms with Crippen molar-refractivity contribution in [2.24, 2.45) is 0 Å². The van der Waals surface area contributed by atoms with Crippen molar-refractivity contribution in [3.63, 3.8) is 0 Å². The largest absolute Gasteiger partial charge is 0.492 e. The van der Waals surface area contributed by atoms with Crippen molar-refractivity contribution in [1.82, 2.24) is 0 Å². The number of amides is 1. The molecule has 0 fully saturated rings. The lowest BCUT2D eigenvalue weighted by atomic mass is 9.97. The van der Waals surface area contributed by atoms with Gasteiger partial charge in [-0.25, -0.2) is 0 Å². The van der Waals surface area contributed by atoms with Gasteiger partial charge in [-0.3, -0.25) is 9.59 Å². The molecular weight excluding hydrogens is 359 g/mol. The number of nitrogens with one attached hydrogen (secondary N) is 1. The number of ether oxygens (including phenoxy) is 1. The minimum Gasteiger partial charge on any atom is -0.492 e. The lowest BCUT2D eigenvalue weighted by Crippen LogP contribution is -2.29. The van der Waals surface area contributed by atoms with Crippen LogP contribution in [0.3, 0.4) is 0 Å². The molecule has 2 aromatic carbocycles. The van der Waals surface area contributed by atoms with Gasteiger partial charge in [-0.1, -0.05) is 24.3 Å². The average Bonchev–Trinajstić information content (AvgIpc) is 2.75. The molecule has 1 amide bonds. The second-order valence-corrected chi connectivity index (χ2v) is 6.13. The van der Waals surface area contributed by atoms with Gasteiger partial charge >= 0.3 is 12.1 Å². The van der Waals surface area contributed by atoms with Crippen LogP contribution in [-0.4, -0.2) is 24.5 Å². The molecule has 0 atom stereocenters. The highest BCUT2D eigenvalue weighted by atomic mass is 19.4. The summed E-state index contributed by atoms with van der Waals surface area (Å²) in [6.07, 6.45) is -3.00. The number of benzene rings is 2. The van der Waals surface area contributed by atoms with Gasteiger partial charge in [0.25, 0.3) is 0 Å². The van der Waals surface area contributed by atoms with Crippen LogP contribution in [0.2, 0.25) is 0 Å².